The van der Waals surface area contributed by atoms with E-state index < -0.39 is 11.1 Å². The highest BCUT2D eigenvalue weighted by atomic mass is 32.1. The van der Waals surface area contributed by atoms with Crippen LogP contribution in [-0.4, -0.2) is 31.3 Å². The van der Waals surface area contributed by atoms with Gasteiger partial charge in [0, 0.05) is 25.3 Å². The molecule has 1 aromatic heterocycles. The van der Waals surface area contributed by atoms with Gasteiger partial charge in [0.15, 0.2) is 5.13 Å². The molecule has 1 N–H and O–H groups in total. The van der Waals surface area contributed by atoms with Gasteiger partial charge in [-0.1, -0.05) is 29.5 Å². The summed E-state index contributed by atoms with van der Waals surface area (Å²) in [6, 6.07) is 7.87. The minimum absolute atomic E-state index is 0.272. The Morgan fingerprint density at radius 1 is 1.22 bits per heavy atom. The van der Waals surface area contributed by atoms with Crippen LogP contribution < -0.4 is 10.2 Å². The number of nitrogens with one attached hydrogen (secondary N) is 1. The zero-order valence-corrected chi connectivity index (χ0v) is 13.1. The van der Waals surface area contributed by atoms with Gasteiger partial charge in [0.2, 0.25) is 0 Å². The number of aromatic nitrogens is 1. The van der Waals surface area contributed by atoms with Gasteiger partial charge in [-0.05, 0) is 11.6 Å². The second-order valence-corrected chi connectivity index (χ2v) is 6.14. The molecule has 8 heteroatoms. The zero-order valence-electron chi connectivity index (χ0n) is 12.3. The predicted octanol–water partition coefficient (Wildman–Crippen LogP) is 3.61. The van der Waals surface area contributed by atoms with Gasteiger partial charge in [-0.3, -0.25) is 0 Å². The summed E-state index contributed by atoms with van der Waals surface area (Å²) in [5.41, 5.74) is 2.11. The largest absolute Gasteiger partial charge is 0.427 e. The van der Waals surface area contributed by atoms with Crippen molar-refractivity contribution in [1.82, 2.24) is 4.98 Å². The lowest BCUT2D eigenvalue weighted by molar-refractivity contribution is -0.134. The van der Waals surface area contributed by atoms with Crippen molar-refractivity contribution in [3.05, 3.63) is 40.9 Å². The normalized spacial score (nSPS) is 15.7. The van der Waals surface area contributed by atoms with E-state index in [2.05, 4.69) is 15.2 Å². The van der Waals surface area contributed by atoms with Crippen molar-refractivity contribution in [2.45, 2.75) is 12.7 Å². The molecule has 0 amide bonds. The Labute approximate surface area is 135 Å². The molecule has 0 unspecified atom stereocenters. The van der Waals surface area contributed by atoms with E-state index in [0.717, 1.165) is 30.5 Å². The molecule has 2 aromatic rings. The first-order chi connectivity index (χ1) is 11.0. The van der Waals surface area contributed by atoms with Crippen molar-refractivity contribution in [2.24, 2.45) is 0 Å². The fourth-order valence-electron chi connectivity index (χ4n) is 2.43. The molecule has 1 aliphatic heterocycles. The summed E-state index contributed by atoms with van der Waals surface area (Å²) in [6.07, 6.45) is -3.48. The van der Waals surface area contributed by atoms with Gasteiger partial charge in [0.1, 0.15) is 4.88 Å². The van der Waals surface area contributed by atoms with Crippen LogP contribution in [0, 0.1) is 0 Å². The Morgan fingerprint density at radius 3 is 2.65 bits per heavy atom. The average molecular weight is 343 g/mol. The maximum atomic E-state index is 12.6. The van der Waals surface area contributed by atoms with Crippen LogP contribution in [-0.2, 0) is 17.5 Å². The highest BCUT2D eigenvalue weighted by Crippen LogP contribution is 2.35. The first-order valence-corrected chi connectivity index (χ1v) is 8.03. The molecule has 0 spiro atoms. The number of halogens is 3. The van der Waals surface area contributed by atoms with Crippen LogP contribution in [0.5, 0.6) is 0 Å². The van der Waals surface area contributed by atoms with E-state index in [0.29, 0.717) is 31.1 Å². The maximum Gasteiger partial charge on any atom is 0.427 e. The van der Waals surface area contributed by atoms with Gasteiger partial charge in [0.05, 0.1) is 19.4 Å². The lowest BCUT2D eigenvalue weighted by Gasteiger charge is -2.30. The summed E-state index contributed by atoms with van der Waals surface area (Å²) in [7, 11) is 0. The second kappa shape index (κ2) is 6.76. The Hall–Kier alpha value is -1.80. The number of hydrogen-bond acceptors (Lipinski definition) is 5. The van der Waals surface area contributed by atoms with Crippen molar-refractivity contribution in [3.8, 4) is 0 Å². The van der Waals surface area contributed by atoms with Crippen LogP contribution in [0.1, 0.15) is 10.4 Å². The number of thiazole rings is 1. The van der Waals surface area contributed by atoms with Crippen molar-refractivity contribution in [3.63, 3.8) is 0 Å². The highest BCUT2D eigenvalue weighted by Gasteiger charge is 2.33. The van der Waals surface area contributed by atoms with Crippen LogP contribution in [0.2, 0.25) is 0 Å². The second-order valence-electron chi connectivity index (χ2n) is 5.11. The fraction of sp³-hybridized carbons (Fsp3) is 0.400. The molecule has 124 valence electrons. The van der Waals surface area contributed by atoms with Crippen LogP contribution in [0.4, 0.5) is 24.0 Å². The Kier molecular flexibility index (Phi) is 4.72. The third kappa shape index (κ3) is 3.94. The quantitative estimate of drug-likeness (QED) is 0.920. The van der Waals surface area contributed by atoms with Crippen molar-refractivity contribution >= 4 is 22.2 Å². The summed E-state index contributed by atoms with van der Waals surface area (Å²) >= 11 is 0.620. The first kappa shape index (κ1) is 16.1. The Balaban J connectivity index is 1.69. The maximum absolute atomic E-state index is 12.6. The van der Waals surface area contributed by atoms with E-state index in [1.165, 1.54) is 0 Å². The molecule has 0 bridgehead atoms. The number of hydrogen-bond donors (Lipinski definition) is 1. The van der Waals surface area contributed by atoms with Crippen molar-refractivity contribution in [2.75, 3.05) is 36.5 Å². The molecular formula is C15H16F3N3OS. The third-order valence-corrected chi connectivity index (χ3v) is 4.56. The zero-order chi connectivity index (χ0) is 16.3. The topological polar surface area (TPSA) is 37.4 Å². The van der Waals surface area contributed by atoms with Gasteiger partial charge in [-0.2, -0.15) is 13.2 Å². The molecule has 1 aromatic carbocycles. The van der Waals surface area contributed by atoms with Crippen LogP contribution in [0.15, 0.2) is 30.5 Å². The number of nitrogens with zero attached hydrogens (tertiary/aromatic N) is 2. The molecule has 2 heterocycles. The molecule has 0 saturated carbocycles. The molecule has 1 fully saturated rings. The average Bonchev–Trinajstić information content (AvgIpc) is 3.03. The van der Waals surface area contributed by atoms with E-state index in [1.807, 2.05) is 24.3 Å². The Bertz CT molecular complexity index is 653. The summed E-state index contributed by atoms with van der Waals surface area (Å²) in [6.45, 7) is 3.42. The highest BCUT2D eigenvalue weighted by molar-refractivity contribution is 7.15. The van der Waals surface area contributed by atoms with E-state index in [4.69, 9.17) is 4.74 Å². The predicted molar refractivity (Wildman–Crippen MR) is 83.9 cm³/mol. The van der Waals surface area contributed by atoms with Crippen LogP contribution in [0.3, 0.4) is 0 Å². The molecule has 1 aliphatic rings. The van der Waals surface area contributed by atoms with E-state index in [-0.39, 0.29) is 5.13 Å². The van der Waals surface area contributed by atoms with Crippen molar-refractivity contribution in [1.29, 1.82) is 0 Å². The first-order valence-electron chi connectivity index (χ1n) is 7.21. The SMILES string of the molecule is FC(F)(F)c1cnc(NCc2ccccc2N2CCOCC2)s1. The lowest BCUT2D eigenvalue weighted by Crippen LogP contribution is -2.36. The summed E-state index contributed by atoms with van der Waals surface area (Å²) in [4.78, 5) is 5.33. The van der Waals surface area contributed by atoms with E-state index >= 15 is 0 Å². The fourth-order valence-corrected chi connectivity index (χ4v) is 3.11. The molecule has 0 aliphatic carbocycles. The molecule has 1 saturated heterocycles. The van der Waals surface area contributed by atoms with Gasteiger partial charge in [-0.25, -0.2) is 4.98 Å². The van der Waals surface area contributed by atoms with Gasteiger partial charge >= 0.3 is 6.18 Å². The third-order valence-electron chi connectivity index (χ3n) is 3.56. The molecule has 23 heavy (non-hydrogen) atoms. The smallest absolute Gasteiger partial charge is 0.378 e. The van der Waals surface area contributed by atoms with E-state index in [1.54, 1.807) is 0 Å². The standard InChI is InChI=1S/C15H16F3N3OS/c16-15(17,18)13-10-20-14(23-13)19-9-11-3-1-2-4-12(11)21-5-7-22-8-6-21/h1-4,10H,5-9H2,(H,19,20). The van der Waals surface area contributed by atoms with Crippen molar-refractivity contribution < 1.29 is 17.9 Å². The lowest BCUT2D eigenvalue weighted by atomic mass is 10.1. The van der Waals surface area contributed by atoms with Gasteiger partial charge in [0.25, 0.3) is 0 Å². The number of benzene rings is 1. The summed E-state index contributed by atoms with van der Waals surface area (Å²) in [5.74, 6) is 0. The number of para-hydroxylation sites is 1. The monoisotopic (exact) mass is 343 g/mol. The Morgan fingerprint density at radius 2 is 1.96 bits per heavy atom. The minimum atomic E-state index is -4.34. The van der Waals surface area contributed by atoms with Crippen LogP contribution in [0.25, 0.3) is 0 Å². The molecule has 0 radical (unpaired) electrons. The van der Waals surface area contributed by atoms with Gasteiger partial charge in [-0.15, -0.1) is 0 Å². The number of morpholine rings is 1. The molecule has 3 rings (SSSR count). The minimum Gasteiger partial charge on any atom is -0.378 e. The van der Waals surface area contributed by atoms with Crippen LogP contribution >= 0.6 is 11.3 Å². The summed E-state index contributed by atoms with van der Waals surface area (Å²) < 4.78 is 43.1. The molecule has 4 nitrogen and oxygen atoms in total. The number of rotatable bonds is 4. The number of anilines is 2. The van der Waals surface area contributed by atoms with E-state index in [9.17, 15) is 13.2 Å². The van der Waals surface area contributed by atoms with Gasteiger partial charge < -0.3 is 15.0 Å². The molecular weight excluding hydrogens is 327 g/mol. The molecule has 0 atom stereocenters. The number of alkyl halides is 3. The number of ether oxygens (including phenoxy) is 1. The summed E-state index contributed by atoms with van der Waals surface area (Å²) in [5, 5.41) is 3.25.